The van der Waals surface area contributed by atoms with E-state index in [1.807, 2.05) is 42.6 Å². The molecule has 307 valence electrons. The Bertz CT molecular complexity index is 3190. The van der Waals surface area contributed by atoms with E-state index in [0.29, 0.717) is 0 Å². The van der Waals surface area contributed by atoms with Crippen molar-refractivity contribution >= 4 is 57.4 Å². The van der Waals surface area contributed by atoms with Gasteiger partial charge in [-0.1, -0.05) is 144 Å². The van der Waals surface area contributed by atoms with Crippen molar-refractivity contribution in [1.82, 2.24) is 14.4 Å². The summed E-state index contributed by atoms with van der Waals surface area (Å²) in [6, 6.07) is 57.4. The standard InChI is InChI=1S/C27H23BN3O.C27H23N2.Ir/c1-27(2,3)22-17-18-29-26-25(22)31-23-15-9-7-13-20(23)21-14-8-10-16-24(21)32-28(31)30(26)19-11-5-4-6-12-19;1-26(2)21-16-10-15-19-18-13-8-9-14-20(18)25-28-22(17-11-6-5-7-12-17)24(27(26,3)4)29(25)23(19)21;/h4-11,13-18H,1-3H3;5-13,15-16H,1-4H3;/q2*-1;. The molecule has 3 aliphatic heterocycles. The molecule has 0 saturated carbocycles. The van der Waals surface area contributed by atoms with Gasteiger partial charge < -0.3 is 18.7 Å². The first-order valence-electron chi connectivity index (χ1n) is 21.2. The Balaban J connectivity index is 0.000000146. The van der Waals surface area contributed by atoms with Crippen molar-refractivity contribution in [3.05, 3.63) is 181 Å². The third-order valence-electron chi connectivity index (χ3n) is 13.5. The van der Waals surface area contributed by atoms with Gasteiger partial charge in [-0.05, 0) is 40.1 Å². The molecule has 3 aliphatic rings. The van der Waals surface area contributed by atoms with E-state index in [1.165, 1.54) is 38.7 Å². The van der Waals surface area contributed by atoms with Gasteiger partial charge in [0.25, 0.3) is 0 Å². The van der Waals surface area contributed by atoms with Crippen LogP contribution < -0.4 is 14.3 Å². The molecule has 0 amide bonds. The first-order chi connectivity index (χ1) is 29.5. The minimum absolute atomic E-state index is 0. The van der Waals surface area contributed by atoms with E-state index in [2.05, 4.69) is 184 Å². The van der Waals surface area contributed by atoms with E-state index in [1.54, 1.807) is 0 Å². The van der Waals surface area contributed by atoms with Gasteiger partial charge in [-0.25, -0.2) is 4.98 Å². The SMILES string of the molecule is CC(C)(C)c1ccnc2c1N1B(Oc3ccccc3-c3ccccc31)N2c1[c-]cccc1.CC1(C)c2cccc3c4ccc[c-]c4c4nc(-c5ccccc5)c(n4c23)C1(C)C.[Ir]. The van der Waals surface area contributed by atoms with Crippen molar-refractivity contribution in [2.24, 2.45) is 0 Å². The topological polar surface area (TPSA) is 45.9 Å². The van der Waals surface area contributed by atoms with E-state index in [0.717, 1.165) is 56.5 Å². The van der Waals surface area contributed by atoms with Crippen molar-refractivity contribution < 1.29 is 24.8 Å². The Kier molecular flexibility index (Phi) is 9.29. The van der Waals surface area contributed by atoms with Crippen LogP contribution in [0.1, 0.15) is 65.3 Å². The largest absolute Gasteiger partial charge is 0.628 e. The normalized spacial score (nSPS) is 15.2. The minimum atomic E-state index is -0.413. The molecular weight excluding hydrogens is 938 g/mol. The zero-order valence-corrected chi connectivity index (χ0v) is 38.4. The summed E-state index contributed by atoms with van der Waals surface area (Å²) in [5.41, 5.74) is 13.7. The molecule has 1 radical (unpaired) electrons. The summed E-state index contributed by atoms with van der Waals surface area (Å²) in [5.74, 6) is 1.75. The van der Waals surface area contributed by atoms with Gasteiger partial charge in [-0.3, -0.25) is 4.98 Å². The summed E-state index contributed by atoms with van der Waals surface area (Å²) < 4.78 is 9.20. The van der Waals surface area contributed by atoms with E-state index >= 15 is 0 Å². The van der Waals surface area contributed by atoms with E-state index in [4.69, 9.17) is 14.6 Å². The molecule has 0 unspecified atom stereocenters. The fourth-order valence-electron chi connectivity index (χ4n) is 9.88. The number of benzene rings is 6. The predicted molar refractivity (Wildman–Crippen MR) is 251 cm³/mol. The van der Waals surface area contributed by atoms with Crippen molar-refractivity contribution in [2.45, 2.75) is 64.7 Å². The third-order valence-corrected chi connectivity index (χ3v) is 13.5. The zero-order chi connectivity index (χ0) is 41.8. The van der Waals surface area contributed by atoms with Gasteiger partial charge in [0.15, 0.2) is 0 Å². The van der Waals surface area contributed by atoms with Gasteiger partial charge in [0.05, 0.1) is 17.0 Å². The van der Waals surface area contributed by atoms with Gasteiger partial charge in [0.1, 0.15) is 11.6 Å². The number of hydrogen-bond acceptors (Lipinski definition) is 5. The first-order valence-corrected chi connectivity index (χ1v) is 21.2. The number of aromatic nitrogens is 3. The minimum Gasteiger partial charge on any atom is -0.522 e. The molecule has 62 heavy (non-hydrogen) atoms. The van der Waals surface area contributed by atoms with Crippen LogP contribution >= 0.6 is 0 Å². The molecule has 6 heterocycles. The molecule has 0 saturated heterocycles. The molecule has 0 bridgehead atoms. The molecular formula is C54H46BIrN5O-2. The number of para-hydroxylation sites is 4. The Hall–Kier alpha value is -6.21. The van der Waals surface area contributed by atoms with Crippen molar-refractivity contribution in [1.29, 1.82) is 0 Å². The van der Waals surface area contributed by atoms with Crippen LogP contribution in [0.3, 0.4) is 0 Å². The fourth-order valence-corrected chi connectivity index (χ4v) is 9.88. The Morgan fingerprint density at radius 3 is 2.15 bits per heavy atom. The molecule has 9 aromatic rings. The van der Waals surface area contributed by atoms with Crippen molar-refractivity contribution in [3.8, 4) is 28.1 Å². The van der Waals surface area contributed by atoms with Crippen LogP contribution in [0.5, 0.6) is 5.75 Å². The second kappa shape index (κ2) is 14.4. The van der Waals surface area contributed by atoms with Crippen LogP contribution in [0, 0.1) is 12.1 Å². The van der Waals surface area contributed by atoms with Crippen LogP contribution in [-0.2, 0) is 36.4 Å². The third kappa shape index (κ3) is 5.73. The monoisotopic (exact) mass is 984 g/mol. The average Bonchev–Trinajstić information content (AvgIpc) is 3.80. The average molecular weight is 984 g/mol. The van der Waals surface area contributed by atoms with Crippen LogP contribution in [0.25, 0.3) is 49.7 Å². The second-order valence-electron chi connectivity index (χ2n) is 18.5. The number of pyridine rings is 2. The van der Waals surface area contributed by atoms with Crippen molar-refractivity contribution in [3.63, 3.8) is 0 Å². The molecule has 8 heteroatoms. The van der Waals surface area contributed by atoms with Gasteiger partial charge >= 0.3 is 7.19 Å². The van der Waals surface area contributed by atoms with E-state index in [-0.39, 0.29) is 36.4 Å². The van der Waals surface area contributed by atoms with Gasteiger partial charge in [-0.15, -0.1) is 35.7 Å². The molecule has 0 atom stereocenters. The molecule has 6 aromatic carbocycles. The fraction of sp³-hybridized carbons (Fsp3) is 0.185. The maximum atomic E-state index is 6.77. The summed E-state index contributed by atoms with van der Waals surface area (Å²) in [5, 5.41) is 3.60. The number of imidazole rings is 1. The molecule has 0 aliphatic carbocycles. The van der Waals surface area contributed by atoms with Crippen molar-refractivity contribution in [2.75, 3.05) is 9.62 Å². The molecule has 3 aromatic heterocycles. The summed E-state index contributed by atoms with van der Waals surface area (Å²) >= 11 is 0. The first kappa shape index (κ1) is 39.9. The smallest absolute Gasteiger partial charge is 0.522 e. The number of fused-ring (bicyclic) bond motifs is 10. The Morgan fingerprint density at radius 1 is 0.661 bits per heavy atom. The maximum absolute atomic E-state index is 6.77. The molecule has 0 spiro atoms. The number of anilines is 4. The summed E-state index contributed by atoms with van der Waals surface area (Å²) in [7, 11) is -0.413. The molecule has 0 fully saturated rings. The Labute approximate surface area is 377 Å². The van der Waals surface area contributed by atoms with Crippen LogP contribution in [-0.4, -0.2) is 21.6 Å². The Morgan fingerprint density at radius 2 is 1.37 bits per heavy atom. The van der Waals surface area contributed by atoms with Crippen LogP contribution in [0.4, 0.5) is 22.9 Å². The van der Waals surface area contributed by atoms with Crippen LogP contribution in [0.2, 0.25) is 0 Å². The predicted octanol–water partition coefficient (Wildman–Crippen LogP) is 13.2. The summed E-state index contributed by atoms with van der Waals surface area (Å²) in [4.78, 5) is 14.6. The molecule has 6 nitrogen and oxygen atoms in total. The number of rotatable bonds is 2. The maximum Gasteiger partial charge on any atom is 0.628 e. The number of hydrogen-bond donors (Lipinski definition) is 0. The van der Waals surface area contributed by atoms with Gasteiger partial charge in [0, 0.05) is 70.7 Å². The van der Waals surface area contributed by atoms with Gasteiger partial charge in [-0.2, -0.15) is 24.3 Å². The summed E-state index contributed by atoms with van der Waals surface area (Å²) in [6.07, 6.45) is 1.90. The zero-order valence-electron chi connectivity index (χ0n) is 36.0. The quantitative estimate of drug-likeness (QED) is 0.0981. The van der Waals surface area contributed by atoms with E-state index < -0.39 is 7.19 Å². The second-order valence-corrected chi connectivity index (χ2v) is 18.5. The van der Waals surface area contributed by atoms with Crippen LogP contribution in [0.15, 0.2) is 152 Å². The van der Waals surface area contributed by atoms with E-state index in [9.17, 15) is 0 Å². The number of nitrogens with zero attached hydrogens (tertiary/aromatic N) is 5. The summed E-state index contributed by atoms with van der Waals surface area (Å²) in [6.45, 7) is 16.2. The molecule has 12 rings (SSSR count). The van der Waals surface area contributed by atoms with Gasteiger partial charge in [0.2, 0.25) is 0 Å². The molecule has 0 N–H and O–H groups in total.